The molecule has 1 atom stereocenters. The van der Waals surface area contributed by atoms with Crippen LogP contribution in [0.2, 0.25) is 0 Å². The number of furan rings is 1. The van der Waals surface area contributed by atoms with Crippen LogP contribution in [-0.4, -0.2) is 4.98 Å². The fourth-order valence-corrected chi connectivity index (χ4v) is 1.46. The van der Waals surface area contributed by atoms with Gasteiger partial charge in [-0.3, -0.25) is 4.98 Å². The van der Waals surface area contributed by atoms with Crippen LogP contribution in [0.3, 0.4) is 0 Å². The van der Waals surface area contributed by atoms with Crippen LogP contribution in [0.15, 0.2) is 41.3 Å². The van der Waals surface area contributed by atoms with E-state index in [9.17, 15) is 4.39 Å². The predicted molar refractivity (Wildman–Crippen MR) is 58.2 cm³/mol. The summed E-state index contributed by atoms with van der Waals surface area (Å²) in [5.74, 6) is 0.550. The molecule has 0 aliphatic rings. The van der Waals surface area contributed by atoms with Gasteiger partial charge in [-0.2, -0.15) is 0 Å². The zero-order chi connectivity index (χ0) is 11.4. The molecule has 2 aromatic rings. The van der Waals surface area contributed by atoms with Crippen molar-refractivity contribution in [2.75, 3.05) is 0 Å². The van der Waals surface area contributed by atoms with Gasteiger partial charge in [0.05, 0.1) is 18.5 Å². The van der Waals surface area contributed by atoms with Crippen LogP contribution in [-0.2, 0) is 6.54 Å². The van der Waals surface area contributed by atoms with E-state index < -0.39 is 0 Å². The van der Waals surface area contributed by atoms with Crippen LogP contribution in [0.4, 0.5) is 4.39 Å². The van der Waals surface area contributed by atoms with Gasteiger partial charge in [0.2, 0.25) is 0 Å². The van der Waals surface area contributed by atoms with Gasteiger partial charge in [0.1, 0.15) is 11.6 Å². The van der Waals surface area contributed by atoms with Crippen LogP contribution >= 0.6 is 0 Å². The number of nitrogens with zero attached hydrogens (tertiary/aromatic N) is 1. The second-order valence-corrected chi connectivity index (χ2v) is 3.63. The molecule has 0 unspecified atom stereocenters. The zero-order valence-electron chi connectivity index (χ0n) is 8.98. The van der Waals surface area contributed by atoms with E-state index >= 15 is 0 Å². The monoisotopic (exact) mass is 220 g/mol. The number of aromatic nitrogens is 1. The summed E-state index contributed by atoms with van der Waals surface area (Å²) in [6.45, 7) is 2.55. The Morgan fingerprint density at radius 1 is 1.50 bits per heavy atom. The molecule has 0 amide bonds. The van der Waals surface area contributed by atoms with Crippen LogP contribution < -0.4 is 5.32 Å². The Bertz CT molecular complexity index is 442. The fourth-order valence-electron chi connectivity index (χ4n) is 1.46. The molecule has 0 saturated carbocycles. The number of rotatable bonds is 4. The number of hydrogen-bond donors (Lipinski definition) is 1. The van der Waals surface area contributed by atoms with E-state index in [1.54, 1.807) is 12.5 Å². The molecule has 0 aliphatic heterocycles. The lowest BCUT2D eigenvalue weighted by Gasteiger charge is -2.10. The summed E-state index contributed by atoms with van der Waals surface area (Å²) in [6, 6.07) is 5.31. The topological polar surface area (TPSA) is 38.1 Å². The maximum Gasteiger partial charge on any atom is 0.141 e. The molecule has 1 N–H and O–H groups in total. The van der Waals surface area contributed by atoms with E-state index in [-0.39, 0.29) is 11.9 Å². The molecule has 2 aromatic heterocycles. The van der Waals surface area contributed by atoms with Crippen molar-refractivity contribution >= 4 is 0 Å². The first-order valence-corrected chi connectivity index (χ1v) is 5.12. The quantitative estimate of drug-likeness (QED) is 0.860. The van der Waals surface area contributed by atoms with E-state index in [1.165, 1.54) is 12.3 Å². The molecule has 0 aliphatic carbocycles. The van der Waals surface area contributed by atoms with Gasteiger partial charge in [-0.05, 0) is 30.7 Å². The summed E-state index contributed by atoms with van der Waals surface area (Å²) in [5, 5.41) is 3.23. The summed E-state index contributed by atoms with van der Waals surface area (Å²) >= 11 is 0. The van der Waals surface area contributed by atoms with Crippen molar-refractivity contribution < 1.29 is 8.81 Å². The molecule has 0 saturated heterocycles. The van der Waals surface area contributed by atoms with E-state index in [0.29, 0.717) is 6.54 Å². The molecule has 2 rings (SSSR count). The molecule has 0 radical (unpaired) electrons. The highest BCUT2D eigenvalue weighted by molar-refractivity contribution is 5.11. The Labute approximate surface area is 93.3 Å². The van der Waals surface area contributed by atoms with E-state index in [0.717, 1.165) is 11.3 Å². The Morgan fingerprint density at radius 2 is 2.38 bits per heavy atom. The van der Waals surface area contributed by atoms with Gasteiger partial charge in [-0.1, -0.05) is 0 Å². The standard InChI is InChI=1S/C12H13FN2O/c1-9(12-3-2-4-16-12)15-7-10-5-11(13)8-14-6-10/h2-6,8-9,15H,7H2,1H3/t9-/m1/s1. The summed E-state index contributed by atoms with van der Waals surface area (Å²) in [6.07, 6.45) is 4.47. The fraction of sp³-hybridized carbons (Fsp3) is 0.250. The Kier molecular flexibility index (Phi) is 3.31. The maximum atomic E-state index is 12.9. The zero-order valence-corrected chi connectivity index (χ0v) is 8.98. The smallest absolute Gasteiger partial charge is 0.141 e. The molecule has 4 heteroatoms. The minimum atomic E-state index is -0.315. The Morgan fingerprint density at radius 3 is 3.06 bits per heavy atom. The van der Waals surface area contributed by atoms with E-state index in [1.807, 2.05) is 19.1 Å². The highest BCUT2D eigenvalue weighted by Gasteiger charge is 2.07. The second kappa shape index (κ2) is 4.90. The molecule has 0 bridgehead atoms. The Hall–Kier alpha value is -1.68. The number of pyridine rings is 1. The number of nitrogens with one attached hydrogen (secondary N) is 1. The first kappa shape index (κ1) is 10.8. The summed E-state index contributed by atoms with van der Waals surface area (Å²) < 4.78 is 18.1. The second-order valence-electron chi connectivity index (χ2n) is 3.63. The van der Waals surface area contributed by atoms with Crippen LogP contribution in [0, 0.1) is 5.82 Å². The molecule has 3 nitrogen and oxygen atoms in total. The SMILES string of the molecule is C[C@@H](NCc1cncc(F)c1)c1ccco1. The maximum absolute atomic E-state index is 12.9. The van der Waals surface area contributed by atoms with Crippen molar-refractivity contribution in [3.05, 3.63) is 54.0 Å². The molecule has 84 valence electrons. The van der Waals surface area contributed by atoms with E-state index in [4.69, 9.17) is 4.42 Å². The van der Waals surface area contributed by atoms with Gasteiger partial charge < -0.3 is 9.73 Å². The highest BCUT2D eigenvalue weighted by atomic mass is 19.1. The normalized spacial score (nSPS) is 12.6. The van der Waals surface area contributed by atoms with Gasteiger partial charge in [0, 0.05) is 12.7 Å². The third kappa shape index (κ3) is 2.67. The van der Waals surface area contributed by atoms with Crippen LogP contribution in [0.25, 0.3) is 0 Å². The van der Waals surface area contributed by atoms with E-state index in [2.05, 4.69) is 10.3 Å². The molecule has 0 aromatic carbocycles. The van der Waals surface area contributed by atoms with Gasteiger partial charge in [-0.25, -0.2) is 4.39 Å². The van der Waals surface area contributed by atoms with Gasteiger partial charge in [0.25, 0.3) is 0 Å². The van der Waals surface area contributed by atoms with Crippen molar-refractivity contribution in [2.45, 2.75) is 19.5 Å². The van der Waals surface area contributed by atoms with Crippen molar-refractivity contribution in [3.63, 3.8) is 0 Å². The summed E-state index contributed by atoms with van der Waals surface area (Å²) in [4.78, 5) is 3.79. The van der Waals surface area contributed by atoms with Crippen LogP contribution in [0.5, 0.6) is 0 Å². The third-order valence-corrected chi connectivity index (χ3v) is 2.34. The van der Waals surface area contributed by atoms with Gasteiger partial charge in [0.15, 0.2) is 0 Å². The van der Waals surface area contributed by atoms with Crippen molar-refractivity contribution in [1.29, 1.82) is 0 Å². The summed E-state index contributed by atoms with van der Waals surface area (Å²) in [5.41, 5.74) is 0.818. The van der Waals surface area contributed by atoms with Crippen molar-refractivity contribution in [3.8, 4) is 0 Å². The number of hydrogen-bond acceptors (Lipinski definition) is 3. The third-order valence-electron chi connectivity index (χ3n) is 2.34. The first-order valence-electron chi connectivity index (χ1n) is 5.12. The minimum absolute atomic E-state index is 0.0956. The lowest BCUT2D eigenvalue weighted by molar-refractivity contribution is 0.429. The average molecular weight is 220 g/mol. The lowest BCUT2D eigenvalue weighted by atomic mass is 10.2. The van der Waals surface area contributed by atoms with Crippen molar-refractivity contribution in [2.24, 2.45) is 0 Å². The number of halogens is 1. The highest BCUT2D eigenvalue weighted by Crippen LogP contribution is 2.13. The predicted octanol–water partition coefficient (Wildman–Crippen LogP) is 2.66. The molecular formula is C12H13FN2O. The largest absolute Gasteiger partial charge is 0.468 e. The lowest BCUT2D eigenvalue weighted by Crippen LogP contribution is -2.17. The minimum Gasteiger partial charge on any atom is -0.468 e. The van der Waals surface area contributed by atoms with Crippen LogP contribution in [0.1, 0.15) is 24.3 Å². The Balaban J connectivity index is 1.92. The molecule has 0 fully saturated rings. The molecular weight excluding hydrogens is 207 g/mol. The molecule has 2 heterocycles. The van der Waals surface area contributed by atoms with Gasteiger partial charge >= 0.3 is 0 Å². The summed E-state index contributed by atoms with van der Waals surface area (Å²) in [7, 11) is 0. The van der Waals surface area contributed by atoms with Gasteiger partial charge in [-0.15, -0.1) is 0 Å². The van der Waals surface area contributed by atoms with Crippen molar-refractivity contribution in [1.82, 2.24) is 10.3 Å². The first-order chi connectivity index (χ1) is 7.75. The molecule has 16 heavy (non-hydrogen) atoms. The molecule has 0 spiro atoms. The average Bonchev–Trinajstić information content (AvgIpc) is 2.79.